The monoisotopic (exact) mass is 401 g/mol. The van der Waals surface area contributed by atoms with Crippen LogP contribution >= 0.6 is 39.0 Å². The van der Waals surface area contributed by atoms with Crippen molar-refractivity contribution in [3.05, 3.63) is 14.7 Å². The molecule has 0 saturated heterocycles. The molecule has 0 aliphatic carbocycles. The topological polar surface area (TPSA) is 83.5 Å². The summed E-state index contributed by atoms with van der Waals surface area (Å²) in [6.45, 7) is 0.363. The van der Waals surface area contributed by atoms with Crippen molar-refractivity contribution in [2.75, 3.05) is 18.6 Å². The quantitative estimate of drug-likeness (QED) is 0.621. The number of thioether (sulfide) groups is 1. The summed E-state index contributed by atoms with van der Waals surface area (Å²) >= 11 is 5.76. The van der Waals surface area contributed by atoms with Gasteiger partial charge in [-0.1, -0.05) is 6.42 Å². The van der Waals surface area contributed by atoms with Gasteiger partial charge < -0.3 is 5.11 Å². The Balaban J connectivity index is 2.58. The average Bonchev–Trinajstić information content (AvgIpc) is 2.77. The minimum absolute atomic E-state index is 0.00257. The standard InChI is InChI=1S/C11H16BrNO4S3/c1-18-6-4-2-3-5-13-20(16,17)9-7-8(11(14)15)19-10(9)12/h7,13H,2-6H2,1H3,(H,14,15). The molecule has 114 valence electrons. The number of nitrogens with one attached hydrogen (secondary N) is 1. The lowest BCUT2D eigenvalue weighted by Gasteiger charge is -2.05. The SMILES string of the molecule is CSCCCCCNS(=O)(=O)c1cc(C(=O)O)sc1Br. The van der Waals surface area contributed by atoms with E-state index >= 15 is 0 Å². The summed E-state index contributed by atoms with van der Waals surface area (Å²) in [6.07, 6.45) is 4.84. The predicted molar refractivity (Wildman–Crippen MR) is 86.4 cm³/mol. The Kier molecular flexibility index (Phi) is 7.52. The van der Waals surface area contributed by atoms with Crippen LogP contribution in [0.2, 0.25) is 0 Å². The lowest BCUT2D eigenvalue weighted by atomic mass is 10.2. The van der Waals surface area contributed by atoms with Crippen LogP contribution in [0.25, 0.3) is 0 Å². The maximum absolute atomic E-state index is 12.0. The molecule has 0 radical (unpaired) electrons. The average molecular weight is 402 g/mol. The van der Waals surface area contributed by atoms with E-state index in [0.29, 0.717) is 10.3 Å². The van der Waals surface area contributed by atoms with Crippen molar-refractivity contribution in [2.24, 2.45) is 0 Å². The van der Waals surface area contributed by atoms with Gasteiger partial charge in [0.2, 0.25) is 10.0 Å². The van der Waals surface area contributed by atoms with Gasteiger partial charge in [0.1, 0.15) is 9.77 Å². The number of carboxylic acids is 1. The van der Waals surface area contributed by atoms with Crippen molar-refractivity contribution in [1.82, 2.24) is 4.72 Å². The van der Waals surface area contributed by atoms with Crippen molar-refractivity contribution in [1.29, 1.82) is 0 Å². The van der Waals surface area contributed by atoms with Crippen LogP contribution < -0.4 is 4.72 Å². The largest absolute Gasteiger partial charge is 0.477 e. The number of thiophene rings is 1. The summed E-state index contributed by atoms with van der Waals surface area (Å²) in [4.78, 5) is 10.8. The van der Waals surface area contributed by atoms with Crippen LogP contribution in [0.5, 0.6) is 0 Å². The molecule has 1 rings (SSSR count). The van der Waals surface area contributed by atoms with Crippen molar-refractivity contribution >= 4 is 55.0 Å². The molecule has 0 bridgehead atoms. The van der Waals surface area contributed by atoms with E-state index in [9.17, 15) is 13.2 Å². The lowest BCUT2D eigenvalue weighted by Crippen LogP contribution is -2.24. The molecule has 0 saturated carbocycles. The van der Waals surface area contributed by atoms with Crippen molar-refractivity contribution in [3.63, 3.8) is 0 Å². The normalized spacial score (nSPS) is 11.7. The first-order valence-electron chi connectivity index (χ1n) is 5.89. The van der Waals surface area contributed by atoms with Crippen molar-refractivity contribution < 1.29 is 18.3 Å². The van der Waals surface area contributed by atoms with Crippen LogP contribution in [-0.4, -0.2) is 38.0 Å². The molecule has 0 aliphatic heterocycles. The fraction of sp³-hybridized carbons (Fsp3) is 0.545. The third-order valence-electron chi connectivity index (χ3n) is 2.47. The van der Waals surface area contributed by atoms with Gasteiger partial charge in [0.15, 0.2) is 0 Å². The van der Waals surface area contributed by atoms with Gasteiger partial charge in [0, 0.05) is 6.54 Å². The first kappa shape index (κ1) is 18.0. The van der Waals surface area contributed by atoms with E-state index in [0.717, 1.165) is 36.4 Å². The molecule has 2 N–H and O–H groups in total. The fourth-order valence-electron chi connectivity index (χ4n) is 1.47. The summed E-state index contributed by atoms with van der Waals surface area (Å²) < 4.78 is 26.9. The first-order chi connectivity index (χ1) is 9.38. The van der Waals surface area contributed by atoms with Crippen LogP contribution in [0.1, 0.15) is 28.9 Å². The summed E-state index contributed by atoms with van der Waals surface area (Å²) in [5.74, 6) is -0.0561. The molecule has 0 aliphatic rings. The Hall–Kier alpha value is -0.0900. The summed E-state index contributed by atoms with van der Waals surface area (Å²) in [5, 5.41) is 8.86. The number of carbonyl (C=O) groups is 1. The van der Waals surface area contributed by atoms with Gasteiger partial charge in [0.25, 0.3) is 0 Å². The number of halogens is 1. The van der Waals surface area contributed by atoms with E-state index in [1.807, 2.05) is 6.26 Å². The van der Waals surface area contributed by atoms with Gasteiger partial charge in [0.05, 0.1) is 3.79 Å². The number of carboxylic acid groups (broad SMARTS) is 1. The molecule has 1 aromatic rings. The Morgan fingerprint density at radius 1 is 1.45 bits per heavy atom. The van der Waals surface area contributed by atoms with Gasteiger partial charge in [-0.15, -0.1) is 11.3 Å². The maximum atomic E-state index is 12.0. The van der Waals surface area contributed by atoms with Gasteiger partial charge in [-0.05, 0) is 46.8 Å². The molecule has 1 aromatic heterocycles. The lowest BCUT2D eigenvalue weighted by molar-refractivity contribution is 0.0702. The molecule has 20 heavy (non-hydrogen) atoms. The van der Waals surface area contributed by atoms with E-state index < -0.39 is 16.0 Å². The van der Waals surface area contributed by atoms with Crippen molar-refractivity contribution in [2.45, 2.75) is 24.2 Å². The van der Waals surface area contributed by atoms with Crippen LogP contribution in [0, 0.1) is 0 Å². The molecule has 0 fully saturated rings. The Bertz CT molecular complexity index is 556. The van der Waals surface area contributed by atoms with Gasteiger partial charge in [-0.3, -0.25) is 0 Å². The van der Waals surface area contributed by atoms with Gasteiger partial charge >= 0.3 is 5.97 Å². The number of aromatic carboxylic acids is 1. The molecule has 1 heterocycles. The fourth-order valence-corrected chi connectivity index (χ4v) is 5.44. The summed E-state index contributed by atoms with van der Waals surface area (Å²) in [7, 11) is -3.65. The molecule has 0 atom stereocenters. The molecule has 0 spiro atoms. The zero-order chi connectivity index (χ0) is 15.2. The number of hydrogen-bond acceptors (Lipinski definition) is 5. The highest BCUT2D eigenvalue weighted by Gasteiger charge is 2.22. The minimum Gasteiger partial charge on any atom is -0.477 e. The summed E-state index contributed by atoms with van der Waals surface area (Å²) in [5.41, 5.74) is 0. The first-order valence-corrected chi connectivity index (χ1v) is 10.4. The highest BCUT2D eigenvalue weighted by molar-refractivity contribution is 9.11. The van der Waals surface area contributed by atoms with Crippen LogP contribution in [0.3, 0.4) is 0 Å². The highest BCUT2D eigenvalue weighted by Crippen LogP contribution is 2.31. The smallest absolute Gasteiger partial charge is 0.345 e. The van der Waals surface area contributed by atoms with Crippen molar-refractivity contribution in [3.8, 4) is 0 Å². The van der Waals surface area contributed by atoms with Gasteiger partial charge in [-0.25, -0.2) is 17.9 Å². The molecular formula is C11H16BrNO4S3. The number of rotatable bonds is 9. The molecule has 5 nitrogen and oxygen atoms in total. The minimum atomic E-state index is -3.65. The van der Waals surface area contributed by atoms with Crippen LogP contribution in [0.4, 0.5) is 0 Å². The second kappa shape index (κ2) is 8.38. The Morgan fingerprint density at radius 3 is 2.70 bits per heavy atom. The van der Waals surface area contributed by atoms with E-state index in [2.05, 4.69) is 20.7 Å². The van der Waals surface area contributed by atoms with E-state index in [-0.39, 0.29) is 9.77 Å². The number of sulfonamides is 1. The molecule has 0 amide bonds. The second-order valence-corrected chi connectivity index (χ2v) is 9.10. The summed E-state index contributed by atoms with van der Waals surface area (Å²) in [6, 6.07) is 1.17. The zero-order valence-electron chi connectivity index (χ0n) is 10.9. The van der Waals surface area contributed by atoms with Gasteiger partial charge in [-0.2, -0.15) is 11.8 Å². The molecule has 9 heteroatoms. The maximum Gasteiger partial charge on any atom is 0.345 e. The van der Waals surface area contributed by atoms with Crippen LogP contribution in [-0.2, 0) is 10.0 Å². The van der Waals surface area contributed by atoms with E-state index in [4.69, 9.17) is 5.11 Å². The number of hydrogen-bond donors (Lipinski definition) is 2. The number of unbranched alkanes of at least 4 members (excludes halogenated alkanes) is 2. The Labute approximate surface area is 135 Å². The molecular weight excluding hydrogens is 386 g/mol. The predicted octanol–water partition coefficient (Wildman–Crippen LogP) is 3.02. The molecule has 0 aromatic carbocycles. The highest BCUT2D eigenvalue weighted by atomic mass is 79.9. The van der Waals surface area contributed by atoms with E-state index in [1.165, 1.54) is 6.07 Å². The third-order valence-corrected chi connectivity index (χ3v) is 6.87. The third kappa shape index (κ3) is 5.36. The van der Waals surface area contributed by atoms with Crippen LogP contribution in [0.15, 0.2) is 14.7 Å². The van der Waals surface area contributed by atoms with E-state index in [1.54, 1.807) is 11.8 Å². The Morgan fingerprint density at radius 2 is 2.15 bits per heavy atom. The molecule has 0 unspecified atom stereocenters. The zero-order valence-corrected chi connectivity index (χ0v) is 14.9. The second-order valence-electron chi connectivity index (χ2n) is 4.00.